The topological polar surface area (TPSA) is 47.3 Å². The molecule has 0 amide bonds. The van der Waals surface area contributed by atoms with Crippen molar-refractivity contribution in [3.8, 4) is 5.75 Å². The van der Waals surface area contributed by atoms with Crippen LogP contribution in [-0.4, -0.2) is 6.61 Å². The highest BCUT2D eigenvalue weighted by Crippen LogP contribution is 2.33. The van der Waals surface area contributed by atoms with Crippen LogP contribution in [0, 0.1) is 6.92 Å². The number of aryl methyl sites for hydroxylation is 1. The highest BCUT2D eigenvalue weighted by Gasteiger charge is 2.07. The van der Waals surface area contributed by atoms with E-state index in [-0.39, 0.29) is 0 Å². The molecular formula is C16H19BrN2O. The smallest absolute Gasteiger partial charge is 0.144 e. The molecule has 0 aliphatic heterocycles. The van der Waals surface area contributed by atoms with Crippen LogP contribution >= 0.6 is 15.9 Å². The fraction of sp³-hybridized carbons (Fsp3) is 0.250. The second-order valence-electron chi connectivity index (χ2n) is 4.65. The van der Waals surface area contributed by atoms with E-state index in [1.807, 2.05) is 30.3 Å². The van der Waals surface area contributed by atoms with Gasteiger partial charge in [-0.3, -0.25) is 0 Å². The molecule has 3 N–H and O–H groups in total. The van der Waals surface area contributed by atoms with Gasteiger partial charge >= 0.3 is 0 Å². The lowest BCUT2D eigenvalue weighted by molar-refractivity contribution is 0.319. The van der Waals surface area contributed by atoms with Gasteiger partial charge in [0.2, 0.25) is 0 Å². The molecule has 2 rings (SSSR count). The lowest BCUT2D eigenvalue weighted by Gasteiger charge is -2.15. The van der Waals surface area contributed by atoms with Gasteiger partial charge in [-0.15, -0.1) is 0 Å². The molecule has 0 aromatic heterocycles. The monoisotopic (exact) mass is 334 g/mol. The summed E-state index contributed by atoms with van der Waals surface area (Å²) < 4.78 is 6.70. The van der Waals surface area contributed by atoms with E-state index >= 15 is 0 Å². The number of nitrogens with one attached hydrogen (secondary N) is 1. The molecule has 2 aromatic rings. The Labute approximate surface area is 128 Å². The molecule has 0 atom stereocenters. The van der Waals surface area contributed by atoms with Crippen LogP contribution in [0.2, 0.25) is 0 Å². The fourth-order valence-corrected chi connectivity index (χ4v) is 2.38. The first-order valence-electron chi connectivity index (χ1n) is 6.66. The molecule has 0 heterocycles. The Balaban J connectivity index is 2.24. The summed E-state index contributed by atoms with van der Waals surface area (Å²) in [5.41, 5.74) is 9.85. The first kappa shape index (κ1) is 14.7. The minimum Gasteiger partial charge on any atom is -0.491 e. The third-order valence-electron chi connectivity index (χ3n) is 2.99. The van der Waals surface area contributed by atoms with E-state index in [2.05, 4.69) is 41.2 Å². The van der Waals surface area contributed by atoms with Gasteiger partial charge in [-0.1, -0.05) is 28.9 Å². The first-order valence-corrected chi connectivity index (χ1v) is 7.45. The molecule has 0 saturated heterocycles. The third-order valence-corrected chi connectivity index (χ3v) is 3.48. The van der Waals surface area contributed by atoms with Gasteiger partial charge in [-0.25, -0.2) is 0 Å². The SMILES string of the molecule is CCCOc1cccc(Nc2ccc(Br)cc2C)c1N. The zero-order valence-corrected chi connectivity index (χ0v) is 13.3. The maximum absolute atomic E-state index is 6.16. The number of hydrogen-bond acceptors (Lipinski definition) is 3. The minimum absolute atomic E-state index is 0.642. The normalized spacial score (nSPS) is 10.3. The van der Waals surface area contributed by atoms with E-state index in [0.29, 0.717) is 12.3 Å². The number of ether oxygens (including phenoxy) is 1. The van der Waals surface area contributed by atoms with Crippen LogP contribution in [0.1, 0.15) is 18.9 Å². The largest absolute Gasteiger partial charge is 0.491 e. The van der Waals surface area contributed by atoms with Crippen molar-refractivity contribution in [2.45, 2.75) is 20.3 Å². The number of benzene rings is 2. The molecule has 0 bridgehead atoms. The van der Waals surface area contributed by atoms with E-state index in [9.17, 15) is 0 Å². The molecule has 0 aliphatic rings. The number of rotatable bonds is 5. The number of halogens is 1. The molecule has 4 heteroatoms. The molecule has 2 aromatic carbocycles. The number of anilines is 3. The Kier molecular flexibility index (Phi) is 4.90. The summed E-state index contributed by atoms with van der Waals surface area (Å²) in [6.45, 7) is 4.80. The molecule has 20 heavy (non-hydrogen) atoms. The summed E-state index contributed by atoms with van der Waals surface area (Å²) in [5.74, 6) is 0.728. The molecule has 0 fully saturated rings. The highest BCUT2D eigenvalue weighted by atomic mass is 79.9. The summed E-state index contributed by atoms with van der Waals surface area (Å²) in [4.78, 5) is 0. The van der Waals surface area contributed by atoms with Crippen molar-refractivity contribution in [1.82, 2.24) is 0 Å². The molecule has 3 nitrogen and oxygen atoms in total. The van der Waals surface area contributed by atoms with Crippen molar-refractivity contribution < 1.29 is 4.74 Å². The first-order chi connectivity index (χ1) is 9.61. The van der Waals surface area contributed by atoms with Crippen LogP contribution in [0.15, 0.2) is 40.9 Å². The molecule has 106 valence electrons. The second-order valence-corrected chi connectivity index (χ2v) is 5.57. The summed E-state index contributed by atoms with van der Waals surface area (Å²) in [6.07, 6.45) is 0.961. The third kappa shape index (κ3) is 3.45. The molecule has 0 spiro atoms. The number of nitrogen functional groups attached to an aromatic ring is 1. The van der Waals surface area contributed by atoms with Crippen molar-refractivity contribution in [3.63, 3.8) is 0 Å². The van der Waals surface area contributed by atoms with Gasteiger partial charge in [0.1, 0.15) is 5.75 Å². The van der Waals surface area contributed by atoms with Crippen LogP contribution in [0.3, 0.4) is 0 Å². The summed E-state index contributed by atoms with van der Waals surface area (Å²) in [7, 11) is 0. The van der Waals surface area contributed by atoms with E-state index in [1.54, 1.807) is 0 Å². The van der Waals surface area contributed by atoms with E-state index in [4.69, 9.17) is 10.5 Å². The van der Waals surface area contributed by atoms with Crippen LogP contribution < -0.4 is 15.8 Å². The molecule has 0 saturated carbocycles. The van der Waals surface area contributed by atoms with Crippen molar-refractivity contribution >= 4 is 33.0 Å². The molecular weight excluding hydrogens is 316 g/mol. The van der Waals surface area contributed by atoms with Gasteiger partial charge < -0.3 is 15.8 Å². The van der Waals surface area contributed by atoms with Crippen LogP contribution in [0.4, 0.5) is 17.1 Å². The van der Waals surface area contributed by atoms with Gasteiger partial charge in [0.05, 0.1) is 18.0 Å². The van der Waals surface area contributed by atoms with Gasteiger partial charge in [-0.2, -0.15) is 0 Å². The van der Waals surface area contributed by atoms with Gasteiger partial charge in [0.25, 0.3) is 0 Å². The Morgan fingerprint density at radius 1 is 1.20 bits per heavy atom. The number of nitrogens with two attached hydrogens (primary N) is 1. The summed E-state index contributed by atoms with van der Waals surface area (Å²) in [6, 6.07) is 11.9. The number of hydrogen-bond donors (Lipinski definition) is 2. The molecule has 0 unspecified atom stereocenters. The van der Waals surface area contributed by atoms with Crippen LogP contribution in [-0.2, 0) is 0 Å². The average molecular weight is 335 g/mol. The predicted octanol–water partition coefficient (Wildman–Crippen LogP) is 4.87. The summed E-state index contributed by atoms with van der Waals surface area (Å²) in [5, 5.41) is 3.36. The van der Waals surface area contributed by atoms with E-state index < -0.39 is 0 Å². The zero-order chi connectivity index (χ0) is 14.5. The lowest BCUT2D eigenvalue weighted by Crippen LogP contribution is -2.02. The van der Waals surface area contributed by atoms with Crippen molar-refractivity contribution in [2.24, 2.45) is 0 Å². The second kappa shape index (κ2) is 6.66. The Hall–Kier alpha value is -1.68. The van der Waals surface area contributed by atoms with Crippen molar-refractivity contribution in [1.29, 1.82) is 0 Å². The van der Waals surface area contributed by atoms with E-state index in [1.165, 1.54) is 0 Å². The molecule has 0 radical (unpaired) electrons. The summed E-state index contributed by atoms with van der Waals surface area (Å²) >= 11 is 3.46. The Morgan fingerprint density at radius 2 is 2.00 bits per heavy atom. The Bertz CT molecular complexity index is 599. The van der Waals surface area contributed by atoms with Gasteiger partial charge in [0.15, 0.2) is 0 Å². The lowest BCUT2D eigenvalue weighted by atomic mass is 10.2. The van der Waals surface area contributed by atoms with Gasteiger partial charge in [-0.05, 0) is 49.2 Å². The van der Waals surface area contributed by atoms with E-state index in [0.717, 1.165) is 33.6 Å². The standard InChI is InChI=1S/C16H19BrN2O/c1-3-9-20-15-6-4-5-14(16(15)18)19-13-8-7-12(17)10-11(13)2/h4-8,10,19H,3,9,18H2,1-2H3. The van der Waals surface area contributed by atoms with Crippen LogP contribution in [0.25, 0.3) is 0 Å². The zero-order valence-electron chi connectivity index (χ0n) is 11.7. The van der Waals surface area contributed by atoms with Crippen molar-refractivity contribution in [3.05, 3.63) is 46.4 Å². The minimum atomic E-state index is 0.642. The maximum Gasteiger partial charge on any atom is 0.144 e. The molecule has 0 aliphatic carbocycles. The maximum atomic E-state index is 6.16. The Morgan fingerprint density at radius 3 is 2.70 bits per heavy atom. The van der Waals surface area contributed by atoms with Crippen LogP contribution in [0.5, 0.6) is 5.75 Å². The predicted molar refractivity (Wildman–Crippen MR) is 88.8 cm³/mol. The quantitative estimate of drug-likeness (QED) is 0.766. The van der Waals surface area contributed by atoms with Crippen molar-refractivity contribution in [2.75, 3.05) is 17.7 Å². The highest BCUT2D eigenvalue weighted by molar-refractivity contribution is 9.10. The number of para-hydroxylation sites is 1. The van der Waals surface area contributed by atoms with Gasteiger partial charge in [0, 0.05) is 10.2 Å². The fourth-order valence-electron chi connectivity index (χ4n) is 1.90. The average Bonchev–Trinajstić information content (AvgIpc) is 2.42.